The molecule has 0 aliphatic heterocycles. The van der Waals surface area contributed by atoms with Crippen LogP contribution in [0.25, 0.3) is 0 Å². The van der Waals surface area contributed by atoms with Crippen LogP contribution in [0.5, 0.6) is 0 Å². The summed E-state index contributed by atoms with van der Waals surface area (Å²) in [6.45, 7) is 9.29. The lowest BCUT2D eigenvalue weighted by Gasteiger charge is -2.16. The first-order valence-corrected chi connectivity index (χ1v) is 6.41. The Morgan fingerprint density at radius 2 is 1.38 bits per heavy atom. The smallest absolute Gasteiger partial charge is 0.159 e. The van der Waals surface area contributed by atoms with E-state index in [1.165, 1.54) is 0 Å². The van der Waals surface area contributed by atoms with Gasteiger partial charge in [0.2, 0.25) is 0 Å². The van der Waals surface area contributed by atoms with Crippen LogP contribution in [0, 0.1) is 0 Å². The van der Waals surface area contributed by atoms with Gasteiger partial charge in [0, 0.05) is 19.6 Å². The molecule has 0 bridgehead atoms. The summed E-state index contributed by atoms with van der Waals surface area (Å²) in [5.74, 6) is 0. The minimum atomic E-state index is -0.111. The Hall–Kier alpha value is -0.480. The van der Waals surface area contributed by atoms with Gasteiger partial charge in [-0.15, -0.1) is 0 Å². The average Bonchev–Trinajstić information content (AvgIpc) is 2.31. The first kappa shape index (κ1) is 15.5. The molecule has 4 nitrogen and oxygen atoms in total. The summed E-state index contributed by atoms with van der Waals surface area (Å²) in [7, 11) is 0. The molecule has 0 amide bonds. The quantitative estimate of drug-likeness (QED) is 0.403. The molecule has 0 saturated heterocycles. The number of hydrogen-bond acceptors (Lipinski definition) is 4. The Morgan fingerprint density at radius 1 is 0.812 bits per heavy atom. The van der Waals surface area contributed by atoms with Crippen molar-refractivity contribution in [3.8, 4) is 0 Å². The van der Waals surface area contributed by atoms with Crippen molar-refractivity contribution >= 4 is 0 Å². The van der Waals surface area contributed by atoms with E-state index in [9.17, 15) is 0 Å². The van der Waals surface area contributed by atoms with Crippen molar-refractivity contribution in [1.29, 1.82) is 0 Å². The van der Waals surface area contributed by atoms with Crippen molar-refractivity contribution in [3.05, 3.63) is 0 Å². The molecular formula is C12H26N2O2. The van der Waals surface area contributed by atoms with Crippen LogP contribution in [0.2, 0.25) is 0 Å². The Morgan fingerprint density at radius 3 is 1.88 bits per heavy atom. The van der Waals surface area contributed by atoms with Crippen LogP contribution in [0.4, 0.5) is 0 Å². The van der Waals surface area contributed by atoms with E-state index >= 15 is 0 Å². The van der Waals surface area contributed by atoms with E-state index in [-0.39, 0.29) is 6.29 Å². The fraction of sp³-hybridized carbons (Fsp3) is 1.00. The second-order valence-electron chi connectivity index (χ2n) is 3.69. The molecule has 0 aromatic rings. The number of rotatable bonds is 11. The second kappa shape index (κ2) is 12.6. The predicted molar refractivity (Wildman–Crippen MR) is 65.8 cm³/mol. The normalized spacial score (nSPS) is 11.8. The molecule has 0 aliphatic carbocycles. The van der Waals surface area contributed by atoms with E-state index in [1.807, 2.05) is 0 Å². The fourth-order valence-corrected chi connectivity index (χ4v) is 1.12. The Labute approximate surface area is 99.4 Å². The van der Waals surface area contributed by atoms with E-state index < -0.39 is 0 Å². The topological polar surface area (TPSA) is 43.2 Å². The van der Waals surface area contributed by atoms with Crippen molar-refractivity contribution in [1.82, 2.24) is 0 Å². The van der Waals surface area contributed by atoms with Crippen LogP contribution >= 0.6 is 0 Å². The van der Waals surface area contributed by atoms with E-state index in [4.69, 9.17) is 9.47 Å². The van der Waals surface area contributed by atoms with Crippen LogP contribution in [-0.2, 0) is 9.47 Å². The molecule has 4 heteroatoms. The number of azo groups is 1. The molecule has 0 spiro atoms. The largest absolute Gasteiger partial charge is 0.353 e. The second-order valence-corrected chi connectivity index (χ2v) is 3.69. The predicted octanol–water partition coefficient (Wildman–Crippen LogP) is 3.42. The molecule has 0 heterocycles. The monoisotopic (exact) mass is 230 g/mol. The highest BCUT2D eigenvalue weighted by atomic mass is 16.7. The SMILES string of the molecule is CCCN=NCCC(OCCC)OCCC. The maximum atomic E-state index is 5.58. The molecule has 0 atom stereocenters. The summed E-state index contributed by atoms with van der Waals surface area (Å²) in [5.41, 5.74) is 0. The molecule has 0 radical (unpaired) electrons. The summed E-state index contributed by atoms with van der Waals surface area (Å²) in [5, 5.41) is 8.12. The van der Waals surface area contributed by atoms with Gasteiger partial charge in [0.1, 0.15) is 0 Å². The van der Waals surface area contributed by atoms with E-state index in [1.54, 1.807) is 0 Å². The first-order valence-electron chi connectivity index (χ1n) is 6.41. The number of hydrogen-bond donors (Lipinski definition) is 0. The lowest BCUT2D eigenvalue weighted by atomic mass is 10.4. The van der Waals surface area contributed by atoms with Gasteiger partial charge in [-0.2, -0.15) is 10.2 Å². The van der Waals surface area contributed by atoms with Gasteiger partial charge in [0.05, 0.1) is 13.1 Å². The third kappa shape index (κ3) is 10.1. The van der Waals surface area contributed by atoms with Crippen molar-refractivity contribution in [2.45, 2.75) is 52.7 Å². The maximum Gasteiger partial charge on any atom is 0.159 e. The highest BCUT2D eigenvalue weighted by molar-refractivity contribution is 4.49. The molecule has 16 heavy (non-hydrogen) atoms. The van der Waals surface area contributed by atoms with Crippen molar-refractivity contribution in [2.24, 2.45) is 10.2 Å². The molecule has 0 saturated carbocycles. The average molecular weight is 230 g/mol. The van der Waals surface area contributed by atoms with E-state index in [2.05, 4.69) is 31.0 Å². The van der Waals surface area contributed by atoms with Gasteiger partial charge in [-0.1, -0.05) is 20.8 Å². The minimum Gasteiger partial charge on any atom is -0.353 e. The molecular weight excluding hydrogens is 204 g/mol. The maximum absolute atomic E-state index is 5.58. The molecule has 0 unspecified atom stereocenters. The number of ether oxygens (including phenoxy) is 2. The van der Waals surface area contributed by atoms with Gasteiger partial charge in [-0.05, 0) is 19.3 Å². The zero-order valence-corrected chi connectivity index (χ0v) is 10.9. The molecule has 0 aromatic carbocycles. The standard InChI is InChI=1S/C12H26N2O2/c1-4-8-13-14-9-7-12(15-10-5-2)16-11-6-3/h12H,4-11H2,1-3H3. The molecule has 0 N–H and O–H groups in total. The first-order chi connectivity index (χ1) is 7.85. The molecule has 96 valence electrons. The van der Waals surface area contributed by atoms with Gasteiger partial charge in [0.15, 0.2) is 6.29 Å². The molecule has 0 rings (SSSR count). The van der Waals surface area contributed by atoms with E-state index in [0.717, 1.165) is 45.4 Å². The Bertz CT molecular complexity index is 155. The fourth-order valence-electron chi connectivity index (χ4n) is 1.12. The Kier molecular flexibility index (Phi) is 12.2. The van der Waals surface area contributed by atoms with Crippen LogP contribution in [0.1, 0.15) is 46.5 Å². The molecule has 0 aromatic heterocycles. The summed E-state index contributed by atoms with van der Waals surface area (Å²) in [6.07, 6.45) is 3.77. The minimum absolute atomic E-state index is 0.111. The Balaban J connectivity index is 3.63. The lowest BCUT2D eigenvalue weighted by Crippen LogP contribution is -2.19. The van der Waals surface area contributed by atoms with Crippen LogP contribution in [0.3, 0.4) is 0 Å². The van der Waals surface area contributed by atoms with Gasteiger partial charge in [0.25, 0.3) is 0 Å². The summed E-state index contributed by atoms with van der Waals surface area (Å²) >= 11 is 0. The third-order valence-corrected chi connectivity index (χ3v) is 1.90. The van der Waals surface area contributed by atoms with E-state index in [0.29, 0.717) is 6.54 Å². The van der Waals surface area contributed by atoms with Crippen molar-refractivity contribution in [2.75, 3.05) is 26.3 Å². The summed E-state index contributed by atoms with van der Waals surface area (Å²) in [4.78, 5) is 0. The summed E-state index contributed by atoms with van der Waals surface area (Å²) < 4.78 is 11.2. The highest BCUT2D eigenvalue weighted by Gasteiger charge is 2.07. The lowest BCUT2D eigenvalue weighted by molar-refractivity contribution is -0.144. The van der Waals surface area contributed by atoms with Crippen LogP contribution in [-0.4, -0.2) is 32.6 Å². The van der Waals surface area contributed by atoms with Gasteiger partial charge >= 0.3 is 0 Å². The van der Waals surface area contributed by atoms with Crippen LogP contribution in [0.15, 0.2) is 10.2 Å². The van der Waals surface area contributed by atoms with Gasteiger partial charge < -0.3 is 9.47 Å². The van der Waals surface area contributed by atoms with Crippen molar-refractivity contribution in [3.63, 3.8) is 0 Å². The van der Waals surface area contributed by atoms with Crippen molar-refractivity contribution < 1.29 is 9.47 Å². The third-order valence-electron chi connectivity index (χ3n) is 1.90. The zero-order chi connectivity index (χ0) is 12.1. The number of nitrogens with zero attached hydrogens (tertiary/aromatic N) is 2. The molecule has 0 aliphatic rings. The van der Waals surface area contributed by atoms with Gasteiger partial charge in [-0.3, -0.25) is 0 Å². The van der Waals surface area contributed by atoms with Crippen LogP contribution < -0.4 is 0 Å². The highest BCUT2D eigenvalue weighted by Crippen LogP contribution is 2.03. The van der Waals surface area contributed by atoms with Gasteiger partial charge in [-0.25, -0.2) is 0 Å². The molecule has 0 fully saturated rings. The summed E-state index contributed by atoms with van der Waals surface area (Å²) in [6, 6.07) is 0. The zero-order valence-electron chi connectivity index (χ0n) is 10.9.